The second-order valence-corrected chi connectivity index (χ2v) is 11.5. The van der Waals surface area contributed by atoms with Gasteiger partial charge in [0, 0.05) is 5.92 Å². The van der Waals surface area contributed by atoms with Crippen molar-refractivity contribution in [1.82, 2.24) is 16.0 Å². The van der Waals surface area contributed by atoms with Gasteiger partial charge in [0.25, 0.3) is 0 Å². The molecule has 0 saturated heterocycles. The molecule has 0 saturated carbocycles. The molecule has 0 aliphatic rings. The molecule has 0 aliphatic carbocycles. The normalized spacial score (nSPS) is 15.7. The van der Waals surface area contributed by atoms with Crippen LogP contribution in [0.15, 0.2) is 60.7 Å². The molecule has 2 aromatic rings. The lowest BCUT2D eigenvalue weighted by molar-refractivity contribution is -0.133. The number of hydrogen-bond acceptors (Lipinski definition) is 7. The summed E-state index contributed by atoms with van der Waals surface area (Å²) in [5.74, 6) is -2.92. The molecule has 2 rings (SSSR count). The number of nitrogens with two attached hydrogens (primary N) is 1. The summed E-state index contributed by atoms with van der Waals surface area (Å²) < 4.78 is 5.41. The van der Waals surface area contributed by atoms with Gasteiger partial charge in [0.1, 0.15) is 17.7 Å². The van der Waals surface area contributed by atoms with Crippen LogP contribution in [0.1, 0.15) is 52.2 Å². The summed E-state index contributed by atoms with van der Waals surface area (Å²) in [6.07, 6.45) is -2.59. The largest absolute Gasteiger partial charge is 0.444 e. The summed E-state index contributed by atoms with van der Waals surface area (Å²) in [5, 5.41) is 28.9. The molecule has 42 heavy (non-hydrogen) atoms. The number of aliphatic hydroxyl groups is 2. The number of hydrogen-bond donors (Lipinski definition) is 6. The average molecular weight is 585 g/mol. The predicted octanol–water partition coefficient (Wildman–Crippen LogP) is 1.59. The summed E-state index contributed by atoms with van der Waals surface area (Å²) in [7, 11) is 0. The Morgan fingerprint density at radius 3 is 1.81 bits per heavy atom. The van der Waals surface area contributed by atoms with E-state index in [0.717, 1.165) is 11.1 Å². The fourth-order valence-corrected chi connectivity index (χ4v) is 4.35. The molecule has 2 aromatic carbocycles. The van der Waals surface area contributed by atoms with Crippen molar-refractivity contribution < 1.29 is 34.1 Å². The fraction of sp³-hybridized carbons (Fsp3) is 0.484. The van der Waals surface area contributed by atoms with E-state index in [2.05, 4.69) is 16.0 Å². The van der Waals surface area contributed by atoms with Crippen LogP contribution in [0.3, 0.4) is 0 Å². The van der Waals surface area contributed by atoms with E-state index >= 15 is 0 Å². The molecule has 230 valence electrons. The zero-order chi connectivity index (χ0) is 31.4. The van der Waals surface area contributed by atoms with Crippen LogP contribution < -0.4 is 21.7 Å². The Kier molecular flexibility index (Phi) is 12.9. The first-order valence-electron chi connectivity index (χ1n) is 14.0. The highest BCUT2D eigenvalue weighted by Crippen LogP contribution is 2.20. The number of rotatable bonds is 14. The minimum atomic E-state index is -1.32. The third-order valence-electron chi connectivity index (χ3n) is 6.53. The Hall–Kier alpha value is -3.96. The summed E-state index contributed by atoms with van der Waals surface area (Å²) in [6.45, 7) is 7.96. The molecule has 6 unspecified atom stereocenters. The molecule has 0 radical (unpaired) electrons. The van der Waals surface area contributed by atoms with Gasteiger partial charge in [0.05, 0.1) is 18.2 Å². The predicted molar refractivity (Wildman–Crippen MR) is 158 cm³/mol. The number of aliphatic hydroxyl groups excluding tert-OH is 2. The van der Waals surface area contributed by atoms with Crippen molar-refractivity contribution in [2.75, 3.05) is 0 Å². The number of carbonyl (C=O) groups excluding carboxylic acids is 4. The molecule has 0 fully saturated rings. The first-order chi connectivity index (χ1) is 19.7. The molecule has 0 aliphatic heterocycles. The lowest BCUT2D eigenvalue weighted by Gasteiger charge is -2.29. The van der Waals surface area contributed by atoms with Gasteiger partial charge in [-0.25, -0.2) is 4.79 Å². The van der Waals surface area contributed by atoms with Crippen LogP contribution in [0.2, 0.25) is 0 Å². The number of alkyl carbamates (subject to hydrolysis) is 1. The smallest absolute Gasteiger partial charge is 0.407 e. The molecule has 4 amide bonds. The van der Waals surface area contributed by atoms with Crippen molar-refractivity contribution in [1.29, 1.82) is 0 Å². The zero-order valence-corrected chi connectivity index (χ0v) is 24.9. The van der Waals surface area contributed by atoms with Crippen LogP contribution >= 0.6 is 0 Å². The van der Waals surface area contributed by atoms with E-state index in [1.54, 1.807) is 20.8 Å². The Morgan fingerprint density at radius 2 is 1.33 bits per heavy atom. The summed E-state index contributed by atoms with van der Waals surface area (Å²) >= 11 is 0. The van der Waals surface area contributed by atoms with Crippen molar-refractivity contribution in [2.45, 2.75) is 89.8 Å². The van der Waals surface area contributed by atoms with Gasteiger partial charge >= 0.3 is 6.09 Å². The second-order valence-electron chi connectivity index (χ2n) is 11.5. The minimum Gasteiger partial charge on any atom is -0.444 e. The van der Waals surface area contributed by atoms with E-state index < -0.39 is 65.7 Å². The van der Waals surface area contributed by atoms with Crippen molar-refractivity contribution in [3.8, 4) is 0 Å². The van der Waals surface area contributed by atoms with Gasteiger partial charge in [-0.05, 0) is 65.0 Å². The van der Waals surface area contributed by atoms with Gasteiger partial charge in [0.15, 0.2) is 0 Å². The third kappa shape index (κ3) is 11.9. The average Bonchev–Trinajstić information content (AvgIpc) is 2.90. The van der Waals surface area contributed by atoms with Crippen LogP contribution in [0.5, 0.6) is 0 Å². The van der Waals surface area contributed by atoms with Gasteiger partial charge in [0.2, 0.25) is 17.7 Å². The monoisotopic (exact) mass is 584 g/mol. The van der Waals surface area contributed by atoms with Gasteiger partial charge in [-0.2, -0.15) is 0 Å². The maximum absolute atomic E-state index is 13.5. The van der Waals surface area contributed by atoms with E-state index in [1.807, 2.05) is 60.7 Å². The third-order valence-corrected chi connectivity index (χ3v) is 6.53. The van der Waals surface area contributed by atoms with Crippen molar-refractivity contribution in [3.05, 3.63) is 71.8 Å². The number of ether oxygens (including phenoxy) is 1. The molecule has 0 bridgehead atoms. The highest BCUT2D eigenvalue weighted by molar-refractivity contribution is 5.92. The quantitative estimate of drug-likeness (QED) is 0.195. The number of carbonyl (C=O) groups is 4. The lowest BCUT2D eigenvalue weighted by Crippen LogP contribution is -2.56. The maximum atomic E-state index is 13.5. The van der Waals surface area contributed by atoms with E-state index in [4.69, 9.17) is 10.5 Å². The van der Waals surface area contributed by atoms with Gasteiger partial charge < -0.3 is 36.6 Å². The van der Waals surface area contributed by atoms with Gasteiger partial charge in [-0.3, -0.25) is 14.4 Å². The topological polar surface area (TPSA) is 180 Å². The molecule has 0 heterocycles. The second kappa shape index (κ2) is 15.9. The van der Waals surface area contributed by atoms with Crippen LogP contribution in [-0.2, 0) is 32.0 Å². The molecular weight excluding hydrogens is 540 g/mol. The Bertz CT molecular complexity index is 1170. The number of amides is 4. The van der Waals surface area contributed by atoms with E-state index in [9.17, 15) is 29.4 Å². The Labute approximate surface area is 247 Å². The minimum absolute atomic E-state index is 0.0417. The first-order valence-corrected chi connectivity index (χ1v) is 14.0. The zero-order valence-electron chi connectivity index (χ0n) is 24.9. The van der Waals surface area contributed by atoms with Crippen LogP contribution in [0, 0.1) is 5.92 Å². The summed E-state index contributed by atoms with van der Waals surface area (Å²) in [5.41, 5.74) is 6.22. The molecule has 7 N–H and O–H groups in total. The van der Waals surface area contributed by atoms with E-state index in [-0.39, 0.29) is 19.3 Å². The fourth-order valence-electron chi connectivity index (χ4n) is 4.35. The van der Waals surface area contributed by atoms with E-state index in [1.165, 1.54) is 13.8 Å². The van der Waals surface area contributed by atoms with Gasteiger partial charge in [-0.15, -0.1) is 0 Å². The Balaban J connectivity index is 2.25. The highest BCUT2D eigenvalue weighted by Gasteiger charge is 2.32. The number of nitrogens with one attached hydrogen (secondary N) is 3. The molecule has 0 spiro atoms. The van der Waals surface area contributed by atoms with Crippen molar-refractivity contribution in [3.63, 3.8) is 0 Å². The van der Waals surface area contributed by atoms with Crippen LogP contribution in [0.4, 0.5) is 4.79 Å². The van der Waals surface area contributed by atoms with Crippen molar-refractivity contribution in [2.24, 2.45) is 11.7 Å². The molecule has 11 heteroatoms. The van der Waals surface area contributed by atoms with Gasteiger partial charge in [-0.1, -0.05) is 60.7 Å². The molecule has 11 nitrogen and oxygen atoms in total. The molecule has 0 aromatic heterocycles. The maximum Gasteiger partial charge on any atom is 0.407 e. The Morgan fingerprint density at radius 1 is 0.810 bits per heavy atom. The number of primary amides is 1. The standard InChI is InChI=1S/C31H44N4O7/c1-19(28(39)35-26(20(2)36)27(32)38)33-29(40)23(16-21-12-8-6-9-13-21)18-25(37)24(17-22-14-10-7-11-15-22)34-30(41)42-31(3,4)5/h6-15,19-20,23-26,36-37H,16-18H2,1-5H3,(H2,32,38)(H,33,40)(H,34,41)(H,35,39). The van der Waals surface area contributed by atoms with E-state index in [0.29, 0.717) is 0 Å². The summed E-state index contributed by atoms with van der Waals surface area (Å²) in [6, 6.07) is 15.3. The summed E-state index contributed by atoms with van der Waals surface area (Å²) in [4.78, 5) is 50.4. The SMILES string of the molecule is CC(NC(=O)C(Cc1ccccc1)CC(O)C(Cc1ccccc1)NC(=O)OC(C)(C)C)C(=O)NC(C(N)=O)C(C)O. The number of benzene rings is 2. The lowest BCUT2D eigenvalue weighted by atomic mass is 9.88. The van der Waals surface area contributed by atoms with Crippen LogP contribution in [0.25, 0.3) is 0 Å². The molecular formula is C31H44N4O7. The highest BCUT2D eigenvalue weighted by atomic mass is 16.6. The van der Waals surface area contributed by atoms with Crippen molar-refractivity contribution >= 4 is 23.8 Å². The molecule has 6 atom stereocenters. The van der Waals surface area contributed by atoms with Crippen LogP contribution in [-0.4, -0.2) is 70.0 Å². The first kappa shape index (κ1) is 34.2.